The Morgan fingerprint density at radius 2 is 1.67 bits per heavy atom. The molecule has 5 rings (SSSR count). The number of aromatic nitrogens is 1. The first-order chi connectivity index (χ1) is 14.7. The Labute approximate surface area is 179 Å². The third-order valence-corrected chi connectivity index (χ3v) is 6.07. The summed E-state index contributed by atoms with van der Waals surface area (Å²) in [5, 5.41) is 9.89. The van der Waals surface area contributed by atoms with E-state index in [0.717, 1.165) is 38.2 Å². The van der Waals surface area contributed by atoms with Crippen LogP contribution in [0.3, 0.4) is 0 Å². The molecule has 1 N–H and O–H groups in total. The highest BCUT2D eigenvalue weighted by atomic mass is 32.1. The van der Waals surface area contributed by atoms with Gasteiger partial charge in [0, 0.05) is 5.56 Å². The second kappa shape index (κ2) is 7.68. The van der Waals surface area contributed by atoms with Gasteiger partial charge in [0.05, 0.1) is 23.0 Å². The van der Waals surface area contributed by atoms with E-state index >= 15 is 0 Å². The lowest BCUT2D eigenvalue weighted by Crippen LogP contribution is -2.58. The van der Waals surface area contributed by atoms with Crippen molar-refractivity contribution in [3.63, 3.8) is 0 Å². The molecule has 0 spiro atoms. The molecular weight excluding hydrogens is 394 g/mol. The lowest BCUT2D eigenvalue weighted by atomic mass is 10.2. The molecule has 0 radical (unpaired) electrons. The number of hydrogen-bond acceptors (Lipinski definition) is 7. The van der Waals surface area contributed by atoms with Crippen LogP contribution >= 0.6 is 11.3 Å². The molecule has 30 heavy (non-hydrogen) atoms. The zero-order chi connectivity index (χ0) is 20.5. The zero-order valence-corrected chi connectivity index (χ0v) is 17.5. The number of nitrogens with one attached hydrogen (secondary N) is 1. The highest BCUT2D eigenvalue weighted by Gasteiger charge is 2.30. The molecule has 1 aromatic heterocycles. The molecule has 1 aliphatic heterocycles. The third kappa shape index (κ3) is 3.33. The molecular formula is C23H21N5OS. The van der Waals surface area contributed by atoms with Crippen LogP contribution in [0, 0.1) is 0 Å². The number of hydrazone groups is 1. The van der Waals surface area contributed by atoms with Crippen LogP contribution in [0.4, 0.5) is 10.8 Å². The quantitative estimate of drug-likeness (QED) is 0.517. The standard InChI is InChI=1S/C23H21N5OS/c1-16-27(18-12-14-19(29-2)15-13-18)25-22(17-8-4-3-5-9-17)26-28(16)23-24-20-10-6-7-11-21(20)30-23/h3-16H,1-2H3,(H,25,26). The Morgan fingerprint density at radius 1 is 0.933 bits per heavy atom. The summed E-state index contributed by atoms with van der Waals surface area (Å²) in [4.78, 5) is 4.85. The van der Waals surface area contributed by atoms with Crippen LogP contribution in [0.1, 0.15) is 12.5 Å². The van der Waals surface area contributed by atoms with Crippen LogP contribution < -0.4 is 20.2 Å². The van der Waals surface area contributed by atoms with E-state index in [9.17, 15) is 0 Å². The van der Waals surface area contributed by atoms with E-state index in [1.54, 1.807) is 18.4 Å². The van der Waals surface area contributed by atoms with Crippen LogP contribution in [-0.4, -0.2) is 24.1 Å². The molecule has 3 aromatic carbocycles. The van der Waals surface area contributed by atoms with Gasteiger partial charge in [0.2, 0.25) is 5.13 Å². The number of nitrogens with zero attached hydrogens (tertiary/aromatic N) is 4. The smallest absolute Gasteiger partial charge is 0.207 e. The number of hydrogen-bond donors (Lipinski definition) is 1. The Morgan fingerprint density at radius 3 is 2.40 bits per heavy atom. The zero-order valence-electron chi connectivity index (χ0n) is 16.7. The predicted molar refractivity (Wildman–Crippen MR) is 123 cm³/mol. The molecule has 1 unspecified atom stereocenters. The van der Waals surface area contributed by atoms with Gasteiger partial charge in [-0.15, -0.1) is 0 Å². The largest absolute Gasteiger partial charge is 0.497 e. The third-order valence-electron chi connectivity index (χ3n) is 5.03. The number of para-hydroxylation sites is 1. The molecule has 0 saturated carbocycles. The van der Waals surface area contributed by atoms with E-state index in [0.29, 0.717) is 0 Å². The summed E-state index contributed by atoms with van der Waals surface area (Å²) in [5.41, 5.74) is 6.46. The maximum atomic E-state index is 5.31. The van der Waals surface area contributed by atoms with E-state index in [4.69, 9.17) is 14.8 Å². The van der Waals surface area contributed by atoms with Gasteiger partial charge in [0.25, 0.3) is 0 Å². The lowest BCUT2D eigenvalue weighted by Gasteiger charge is -2.40. The number of benzene rings is 3. The van der Waals surface area contributed by atoms with Crippen molar-refractivity contribution < 1.29 is 4.74 Å². The van der Waals surface area contributed by atoms with Gasteiger partial charge >= 0.3 is 0 Å². The van der Waals surface area contributed by atoms with Crippen LogP contribution in [0.25, 0.3) is 10.2 Å². The number of rotatable bonds is 4. The minimum absolute atomic E-state index is 0.0913. The highest BCUT2D eigenvalue weighted by Crippen LogP contribution is 2.32. The molecule has 150 valence electrons. The number of hydrazine groups is 1. The first kappa shape index (κ1) is 18.4. The van der Waals surface area contributed by atoms with Crippen molar-refractivity contribution in [2.75, 3.05) is 17.1 Å². The maximum absolute atomic E-state index is 5.31. The summed E-state index contributed by atoms with van der Waals surface area (Å²) in [6, 6.07) is 26.2. The van der Waals surface area contributed by atoms with E-state index < -0.39 is 0 Å². The fourth-order valence-corrected chi connectivity index (χ4v) is 4.43. The van der Waals surface area contributed by atoms with Crippen molar-refractivity contribution >= 4 is 38.2 Å². The van der Waals surface area contributed by atoms with Gasteiger partial charge in [-0.2, -0.15) is 5.10 Å². The van der Waals surface area contributed by atoms with Gasteiger partial charge in [-0.25, -0.2) is 15.0 Å². The van der Waals surface area contributed by atoms with Gasteiger partial charge in [-0.1, -0.05) is 53.8 Å². The minimum Gasteiger partial charge on any atom is -0.497 e. The highest BCUT2D eigenvalue weighted by molar-refractivity contribution is 7.22. The van der Waals surface area contributed by atoms with E-state index in [1.807, 2.05) is 77.8 Å². The van der Waals surface area contributed by atoms with E-state index in [2.05, 4.69) is 23.4 Å². The van der Waals surface area contributed by atoms with E-state index in [-0.39, 0.29) is 6.17 Å². The first-order valence-corrected chi connectivity index (χ1v) is 10.5. The number of methoxy groups -OCH3 is 1. The first-order valence-electron chi connectivity index (χ1n) is 9.72. The summed E-state index contributed by atoms with van der Waals surface area (Å²) in [7, 11) is 1.67. The van der Waals surface area contributed by atoms with Crippen LogP contribution in [-0.2, 0) is 0 Å². The van der Waals surface area contributed by atoms with Crippen molar-refractivity contribution in [1.29, 1.82) is 0 Å². The number of ether oxygens (including phenoxy) is 1. The molecule has 0 aliphatic carbocycles. The molecule has 0 amide bonds. The summed E-state index contributed by atoms with van der Waals surface area (Å²) in [6.07, 6.45) is -0.0913. The molecule has 7 heteroatoms. The average Bonchev–Trinajstić information content (AvgIpc) is 3.24. The number of amidine groups is 1. The van der Waals surface area contributed by atoms with E-state index in [1.165, 1.54) is 0 Å². The molecule has 1 aliphatic rings. The molecule has 0 fully saturated rings. The van der Waals surface area contributed by atoms with Crippen LogP contribution in [0.2, 0.25) is 0 Å². The normalized spacial score (nSPS) is 16.3. The molecule has 0 saturated heterocycles. The SMILES string of the molecule is COc1ccc(N2N=C(c3ccccc3)NN(c3nc4ccccc4s3)C2C)cc1. The Hall–Kier alpha value is -3.58. The number of thiazole rings is 1. The average molecular weight is 416 g/mol. The second-order valence-electron chi connectivity index (χ2n) is 6.94. The van der Waals surface area contributed by atoms with Crippen LogP contribution in [0.15, 0.2) is 84.0 Å². The Kier molecular flexibility index (Phi) is 4.72. The molecule has 2 heterocycles. The van der Waals surface area contributed by atoms with Crippen molar-refractivity contribution in [3.05, 3.63) is 84.4 Å². The van der Waals surface area contributed by atoms with Crippen molar-refractivity contribution in [1.82, 2.24) is 10.4 Å². The van der Waals surface area contributed by atoms with Gasteiger partial charge in [0.15, 0.2) is 5.84 Å². The summed E-state index contributed by atoms with van der Waals surface area (Å²) in [5.74, 6) is 1.58. The van der Waals surface area contributed by atoms with Crippen molar-refractivity contribution in [2.24, 2.45) is 5.10 Å². The molecule has 6 nitrogen and oxygen atoms in total. The number of anilines is 2. The van der Waals surface area contributed by atoms with Crippen molar-refractivity contribution in [3.8, 4) is 5.75 Å². The van der Waals surface area contributed by atoms with Gasteiger partial charge < -0.3 is 4.74 Å². The van der Waals surface area contributed by atoms with Gasteiger partial charge in [-0.05, 0) is 43.3 Å². The Balaban J connectivity index is 1.59. The predicted octanol–water partition coefficient (Wildman–Crippen LogP) is 4.84. The Bertz CT molecular complexity index is 1160. The van der Waals surface area contributed by atoms with Crippen LogP contribution in [0.5, 0.6) is 5.75 Å². The maximum Gasteiger partial charge on any atom is 0.207 e. The van der Waals surface area contributed by atoms with Gasteiger partial charge in [0.1, 0.15) is 11.9 Å². The summed E-state index contributed by atoms with van der Waals surface area (Å²) in [6.45, 7) is 2.11. The fourth-order valence-electron chi connectivity index (χ4n) is 3.43. The molecule has 1 atom stereocenters. The second-order valence-corrected chi connectivity index (χ2v) is 7.94. The lowest BCUT2D eigenvalue weighted by molar-refractivity contribution is 0.414. The van der Waals surface area contributed by atoms with Gasteiger partial charge in [-0.3, -0.25) is 5.43 Å². The number of fused-ring (bicyclic) bond motifs is 1. The monoisotopic (exact) mass is 415 g/mol. The van der Waals surface area contributed by atoms with Crippen molar-refractivity contribution in [2.45, 2.75) is 13.1 Å². The fraction of sp³-hybridized carbons (Fsp3) is 0.130. The molecule has 4 aromatic rings. The summed E-state index contributed by atoms with van der Waals surface area (Å²) >= 11 is 1.66. The summed E-state index contributed by atoms with van der Waals surface area (Å²) < 4.78 is 6.47. The molecule has 0 bridgehead atoms. The topological polar surface area (TPSA) is 53.0 Å². The minimum atomic E-state index is -0.0913.